The van der Waals surface area contributed by atoms with Crippen LogP contribution in [0, 0.1) is 5.82 Å². The number of benzene rings is 3. The third-order valence-electron chi connectivity index (χ3n) is 6.18. The summed E-state index contributed by atoms with van der Waals surface area (Å²) in [6, 6.07) is 19.3. The number of likely N-dealkylation sites (N-methyl/N-ethyl adjacent to an activating group) is 1. The molecule has 0 fully saturated rings. The number of anilines is 2. The number of aromatic nitrogens is 2. The van der Waals surface area contributed by atoms with E-state index >= 15 is 0 Å². The number of carbonyl (C=O) groups excluding carboxylic acids is 1. The van der Waals surface area contributed by atoms with Crippen molar-refractivity contribution in [1.82, 2.24) is 20.6 Å². The van der Waals surface area contributed by atoms with Gasteiger partial charge in [-0.15, -0.1) is 0 Å². The number of carbonyl (C=O) groups is 1. The molecule has 5 rings (SSSR count). The number of nitrogens with one attached hydrogen (secondary N) is 3. The Morgan fingerprint density at radius 3 is 2.68 bits per heavy atom. The Hall–Kier alpha value is -4.63. The van der Waals surface area contributed by atoms with Gasteiger partial charge in [-0.05, 0) is 43.4 Å². The fraction of sp³-hybridized carbons (Fsp3) is 0.172. The molecule has 0 saturated heterocycles. The van der Waals surface area contributed by atoms with Crippen LogP contribution in [0.1, 0.15) is 27.0 Å². The Labute approximate surface area is 220 Å². The molecule has 1 aliphatic heterocycles. The molecule has 0 spiro atoms. The quantitative estimate of drug-likeness (QED) is 0.305. The van der Waals surface area contributed by atoms with Crippen molar-refractivity contribution < 1.29 is 13.9 Å². The lowest BCUT2D eigenvalue weighted by atomic mass is 9.93. The number of amides is 1. The Balaban J connectivity index is 1.59. The van der Waals surface area contributed by atoms with Crippen LogP contribution in [0.4, 0.5) is 16.0 Å². The van der Waals surface area contributed by atoms with Crippen LogP contribution < -0.4 is 20.7 Å². The fourth-order valence-electron chi connectivity index (χ4n) is 4.27. The number of hydrogen-bond donors (Lipinski definition) is 3. The molecule has 1 amide bonds. The maximum atomic E-state index is 14.9. The van der Waals surface area contributed by atoms with Gasteiger partial charge >= 0.3 is 0 Å². The van der Waals surface area contributed by atoms with Gasteiger partial charge in [0.05, 0.1) is 25.1 Å². The van der Waals surface area contributed by atoms with Crippen LogP contribution in [0.3, 0.4) is 0 Å². The predicted octanol–water partition coefficient (Wildman–Crippen LogP) is 4.34. The minimum absolute atomic E-state index is 0.219. The summed E-state index contributed by atoms with van der Waals surface area (Å²) in [5.74, 6) is 0.492. The van der Waals surface area contributed by atoms with Crippen LogP contribution in [0.15, 0.2) is 77.9 Å². The second kappa shape index (κ2) is 11.2. The van der Waals surface area contributed by atoms with E-state index in [1.165, 1.54) is 6.07 Å². The van der Waals surface area contributed by atoms with Crippen molar-refractivity contribution >= 4 is 23.3 Å². The third kappa shape index (κ3) is 5.23. The highest BCUT2D eigenvalue weighted by Gasteiger charge is 2.24. The van der Waals surface area contributed by atoms with Crippen molar-refractivity contribution in [3.8, 4) is 17.0 Å². The molecular formula is C29H27FN6O2. The van der Waals surface area contributed by atoms with Crippen molar-refractivity contribution in [2.75, 3.05) is 32.6 Å². The summed E-state index contributed by atoms with van der Waals surface area (Å²) in [7, 11) is 3.43. The van der Waals surface area contributed by atoms with Crippen molar-refractivity contribution in [3.63, 3.8) is 0 Å². The molecule has 1 aliphatic rings. The Bertz CT molecular complexity index is 1520. The van der Waals surface area contributed by atoms with E-state index in [-0.39, 0.29) is 12.5 Å². The first-order valence-corrected chi connectivity index (χ1v) is 12.2. The lowest BCUT2D eigenvalue weighted by Gasteiger charge is -2.14. The lowest BCUT2D eigenvalue weighted by molar-refractivity contribution is 0.0954. The average molecular weight is 511 g/mol. The zero-order valence-electron chi connectivity index (χ0n) is 21.1. The zero-order chi connectivity index (χ0) is 26.5. The molecule has 38 heavy (non-hydrogen) atoms. The molecule has 0 atom stereocenters. The van der Waals surface area contributed by atoms with Crippen molar-refractivity contribution in [2.24, 2.45) is 4.99 Å². The van der Waals surface area contributed by atoms with Crippen LogP contribution in [-0.2, 0) is 6.54 Å². The Kier molecular flexibility index (Phi) is 7.37. The molecular weight excluding hydrogens is 483 g/mol. The molecule has 0 aliphatic carbocycles. The van der Waals surface area contributed by atoms with Gasteiger partial charge in [-0.3, -0.25) is 9.79 Å². The van der Waals surface area contributed by atoms with Crippen molar-refractivity contribution in [3.05, 3.63) is 101 Å². The zero-order valence-corrected chi connectivity index (χ0v) is 21.1. The van der Waals surface area contributed by atoms with Gasteiger partial charge in [-0.1, -0.05) is 24.3 Å². The van der Waals surface area contributed by atoms with Gasteiger partial charge in [0.25, 0.3) is 5.91 Å². The number of nitrogens with zero attached hydrogens (tertiary/aromatic N) is 3. The number of rotatable bonds is 8. The molecule has 0 unspecified atom stereocenters. The molecule has 2 heterocycles. The van der Waals surface area contributed by atoms with Gasteiger partial charge in [-0.25, -0.2) is 14.4 Å². The summed E-state index contributed by atoms with van der Waals surface area (Å²) in [5.41, 5.74) is 4.87. The van der Waals surface area contributed by atoms with Gasteiger partial charge < -0.3 is 20.7 Å². The average Bonchev–Trinajstić information content (AvgIpc) is 3.10. The minimum atomic E-state index is -0.390. The number of aliphatic imine (C=N–C) groups is 1. The predicted molar refractivity (Wildman–Crippen MR) is 146 cm³/mol. The summed E-state index contributed by atoms with van der Waals surface area (Å²) in [6.45, 7) is 1.39. The summed E-state index contributed by atoms with van der Waals surface area (Å²) < 4.78 is 20.3. The summed E-state index contributed by atoms with van der Waals surface area (Å²) in [5, 5.41) is 9.12. The molecule has 8 nitrogen and oxygen atoms in total. The van der Waals surface area contributed by atoms with Gasteiger partial charge in [0.1, 0.15) is 11.6 Å². The highest BCUT2D eigenvalue weighted by atomic mass is 19.1. The monoisotopic (exact) mass is 510 g/mol. The van der Waals surface area contributed by atoms with E-state index in [1.54, 1.807) is 43.6 Å². The van der Waals surface area contributed by atoms with Gasteiger partial charge in [0.15, 0.2) is 0 Å². The fourth-order valence-corrected chi connectivity index (χ4v) is 4.27. The number of methoxy groups -OCH3 is 1. The Morgan fingerprint density at radius 1 is 1.00 bits per heavy atom. The number of ether oxygens (including phenoxy) is 1. The molecule has 3 N–H and O–H groups in total. The maximum Gasteiger partial charge on any atom is 0.251 e. The first-order valence-electron chi connectivity index (χ1n) is 12.2. The maximum absolute atomic E-state index is 14.9. The number of halogens is 1. The van der Waals surface area contributed by atoms with Crippen molar-refractivity contribution in [1.29, 1.82) is 0 Å². The molecule has 0 radical (unpaired) electrons. The van der Waals surface area contributed by atoms with Crippen molar-refractivity contribution in [2.45, 2.75) is 6.54 Å². The molecule has 1 aromatic heterocycles. The molecule has 0 saturated carbocycles. The van der Waals surface area contributed by atoms with Crippen LogP contribution in [0.25, 0.3) is 11.3 Å². The molecule has 3 aromatic carbocycles. The molecule has 9 heteroatoms. The lowest BCUT2D eigenvalue weighted by Crippen LogP contribution is -2.30. The van der Waals surface area contributed by atoms with Crippen LogP contribution >= 0.6 is 0 Å². The van der Waals surface area contributed by atoms with Gasteiger partial charge in [-0.2, -0.15) is 0 Å². The third-order valence-corrected chi connectivity index (χ3v) is 6.18. The minimum Gasteiger partial charge on any atom is -0.497 e. The van der Waals surface area contributed by atoms with Crippen LogP contribution in [-0.4, -0.2) is 48.8 Å². The summed E-state index contributed by atoms with van der Waals surface area (Å²) in [4.78, 5) is 26.9. The number of fused-ring (bicyclic) bond motifs is 3. The van der Waals surface area contributed by atoms with Crippen LogP contribution in [0.2, 0.25) is 0 Å². The standard InChI is InChI=1S/C29H27FN6O2/c1-31-12-13-32-28(37)18-10-11-22-24(14-18)27(23-8-3-4-9-25(23)30)33-16-19-17-34-29(36-26(19)22)35-20-6-5-7-21(15-20)38-2/h3-11,14-15,17,31H,12-13,16H2,1-2H3,(H,32,37)(H,34,35,36). The Morgan fingerprint density at radius 2 is 1.87 bits per heavy atom. The second-order valence-corrected chi connectivity index (χ2v) is 8.69. The first-order chi connectivity index (χ1) is 18.6. The first kappa shape index (κ1) is 25.0. The van der Waals surface area contributed by atoms with Gasteiger partial charge in [0.2, 0.25) is 5.95 Å². The molecule has 192 valence electrons. The second-order valence-electron chi connectivity index (χ2n) is 8.69. The van der Waals surface area contributed by atoms with E-state index < -0.39 is 5.82 Å². The van der Waals surface area contributed by atoms with E-state index in [0.717, 1.165) is 16.8 Å². The molecule has 4 aromatic rings. The summed E-state index contributed by atoms with van der Waals surface area (Å²) >= 11 is 0. The van der Waals surface area contributed by atoms with Gasteiger partial charge in [0, 0.05) is 58.9 Å². The van der Waals surface area contributed by atoms with E-state index in [9.17, 15) is 9.18 Å². The van der Waals surface area contributed by atoms with E-state index in [4.69, 9.17) is 14.7 Å². The number of hydrogen-bond acceptors (Lipinski definition) is 7. The SMILES string of the molecule is CNCCNC(=O)c1ccc2c(c1)C(c1ccccc1F)=NCc1cnc(Nc3cccc(OC)c3)nc1-2. The van der Waals surface area contributed by atoms with E-state index in [0.29, 0.717) is 52.9 Å². The highest BCUT2D eigenvalue weighted by molar-refractivity contribution is 6.17. The van der Waals surface area contributed by atoms with Crippen LogP contribution in [0.5, 0.6) is 5.75 Å². The summed E-state index contributed by atoms with van der Waals surface area (Å²) in [6.07, 6.45) is 1.72. The highest BCUT2D eigenvalue weighted by Crippen LogP contribution is 2.33. The normalized spacial score (nSPS) is 12.0. The topological polar surface area (TPSA) is 101 Å². The smallest absolute Gasteiger partial charge is 0.251 e. The molecule has 0 bridgehead atoms. The van der Waals surface area contributed by atoms with E-state index in [1.807, 2.05) is 37.4 Å². The van der Waals surface area contributed by atoms with E-state index in [2.05, 4.69) is 20.9 Å². The largest absolute Gasteiger partial charge is 0.497 e.